The zero-order chi connectivity index (χ0) is 18.9. The lowest BCUT2D eigenvalue weighted by Gasteiger charge is -2.32. The molecule has 2 rings (SSSR count). The summed E-state index contributed by atoms with van der Waals surface area (Å²) < 4.78 is 5.05. The number of carbonyl (C=O) groups excluding carboxylic acids is 2. The summed E-state index contributed by atoms with van der Waals surface area (Å²) in [6.45, 7) is 7.90. The van der Waals surface area contributed by atoms with Crippen LogP contribution in [0, 0.1) is 5.92 Å². The number of nitrogens with zero attached hydrogens (tertiary/aromatic N) is 1. The Bertz CT molecular complexity index is 624. The zero-order valence-electron chi connectivity index (χ0n) is 15.7. The molecule has 1 aliphatic rings. The van der Waals surface area contributed by atoms with Gasteiger partial charge in [0.15, 0.2) is 0 Å². The maximum absolute atomic E-state index is 12.9. The molecule has 1 aliphatic heterocycles. The maximum Gasteiger partial charge on any atom is 0.255 e. The molecule has 0 radical (unpaired) electrons. The molecule has 1 atom stereocenters. The van der Waals surface area contributed by atoms with Crippen LogP contribution in [0.3, 0.4) is 0 Å². The summed E-state index contributed by atoms with van der Waals surface area (Å²) in [4.78, 5) is 27.0. The second-order valence-electron chi connectivity index (χ2n) is 6.65. The van der Waals surface area contributed by atoms with Crippen LogP contribution >= 0.6 is 0 Å². The van der Waals surface area contributed by atoms with Crippen molar-refractivity contribution >= 4 is 17.5 Å². The standard InChI is InChI=1S/C20H29N3O3/c1-4-11-21-18-8-6-5-7-17(18)20(25)23-12-9-16(10-13-23)19(24)22-15(2)14-26-3/h4-8,15-16,21H,1,9-14H2,2-3H3,(H,22,24)/t15-/m0/s1. The second kappa shape index (κ2) is 9.97. The number of benzene rings is 1. The van der Waals surface area contributed by atoms with Gasteiger partial charge < -0.3 is 20.3 Å². The van der Waals surface area contributed by atoms with Crippen LogP contribution in [0.25, 0.3) is 0 Å². The molecule has 1 aromatic rings. The number of methoxy groups -OCH3 is 1. The number of ether oxygens (including phenoxy) is 1. The van der Waals surface area contributed by atoms with E-state index in [2.05, 4.69) is 17.2 Å². The highest BCUT2D eigenvalue weighted by molar-refractivity contribution is 5.99. The second-order valence-corrected chi connectivity index (χ2v) is 6.65. The summed E-state index contributed by atoms with van der Waals surface area (Å²) in [5.74, 6) is 0.00552. The summed E-state index contributed by atoms with van der Waals surface area (Å²) in [5, 5.41) is 6.17. The Balaban J connectivity index is 1.92. The molecule has 1 aromatic carbocycles. The van der Waals surface area contributed by atoms with E-state index in [1.165, 1.54) is 0 Å². The average Bonchev–Trinajstić information content (AvgIpc) is 2.66. The van der Waals surface area contributed by atoms with E-state index >= 15 is 0 Å². The predicted octanol–water partition coefficient (Wildman–Crippen LogP) is 2.29. The van der Waals surface area contributed by atoms with E-state index in [0.717, 1.165) is 5.69 Å². The van der Waals surface area contributed by atoms with Gasteiger partial charge in [-0.15, -0.1) is 6.58 Å². The van der Waals surface area contributed by atoms with E-state index in [1.54, 1.807) is 13.2 Å². The Hall–Kier alpha value is -2.34. The summed E-state index contributed by atoms with van der Waals surface area (Å²) >= 11 is 0. The molecular weight excluding hydrogens is 330 g/mol. The van der Waals surface area contributed by atoms with Crippen molar-refractivity contribution in [1.29, 1.82) is 0 Å². The SMILES string of the molecule is C=CCNc1ccccc1C(=O)N1CCC(C(=O)N[C@@H](C)COC)CC1. The minimum atomic E-state index is -0.0486. The lowest BCUT2D eigenvalue weighted by atomic mass is 9.95. The Morgan fingerprint density at radius 3 is 2.69 bits per heavy atom. The van der Waals surface area contributed by atoms with E-state index in [-0.39, 0.29) is 23.8 Å². The van der Waals surface area contributed by atoms with Crippen LogP contribution in [0.1, 0.15) is 30.1 Å². The Labute approximate surface area is 155 Å². The Kier molecular flexibility index (Phi) is 7.66. The number of anilines is 1. The first-order valence-electron chi connectivity index (χ1n) is 9.09. The van der Waals surface area contributed by atoms with Crippen LogP contribution < -0.4 is 10.6 Å². The largest absolute Gasteiger partial charge is 0.383 e. The van der Waals surface area contributed by atoms with Crippen molar-refractivity contribution in [2.45, 2.75) is 25.8 Å². The molecule has 2 N–H and O–H groups in total. The van der Waals surface area contributed by atoms with Crippen molar-refractivity contribution in [2.75, 3.05) is 38.7 Å². The predicted molar refractivity (Wildman–Crippen MR) is 103 cm³/mol. The first kappa shape index (κ1) is 20.0. The third-order valence-electron chi connectivity index (χ3n) is 4.55. The van der Waals surface area contributed by atoms with Gasteiger partial charge in [0.2, 0.25) is 5.91 Å². The minimum Gasteiger partial charge on any atom is -0.383 e. The molecule has 2 amide bonds. The summed E-state index contributed by atoms with van der Waals surface area (Å²) in [6.07, 6.45) is 3.12. The topological polar surface area (TPSA) is 70.7 Å². The van der Waals surface area contributed by atoms with E-state index in [1.807, 2.05) is 36.1 Å². The van der Waals surface area contributed by atoms with Crippen LogP contribution in [0.15, 0.2) is 36.9 Å². The third kappa shape index (κ3) is 5.33. The van der Waals surface area contributed by atoms with Crippen LogP contribution in [-0.4, -0.2) is 56.1 Å². The number of carbonyl (C=O) groups is 2. The van der Waals surface area contributed by atoms with Crippen LogP contribution in [-0.2, 0) is 9.53 Å². The number of likely N-dealkylation sites (tertiary alicyclic amines) is 1. The quantitative estimate of drug-likeness (QED) is 0.699. The van der Waals surface area contributed by atoms with E-state index < -0.39 is 0 Å². The first-order valence-corrected chi connectivity index (χ1v) is 9.09. The normalized spacial score (nSPS) is 16.0. The molecule has 0 bridgehead atoms. The van der Waals surface area contributed by atoms with Gasteiger partial charge in [0, 0.05) is 44.4 Å². The van der Waals surface area contributed by atoms with Crippen LogP contribution in [0.4, 0.5) is 5.69 Å². The van der Waals surface area contributed by atoms with Crippen molar-refractivity contribution in [1.82, 2.24) is 10.2 Å². The number of nitrogens with one attached hydrogen (secondary N) is 2. The number of amides is 2. The van der Waals surface area contributed by atoms with Gasteiger partial charge in [0.05, 0.1) is 12.2 Å². The lowest BCUT2D eigenvalue weighted by Crippen LogP contribution is -2.45. The van der Waals surface area contributed by atoms with E-state index in [4.69, 9.17) is 4.74 Å². The average molecular weight is 359 g/mol. The fourth-order valence-electron chi connectivity index (χ4n) is 3.17. The fourth-order valence-corrected chi connectivity index (χ4v) is 3.17. The monoisotopic (exact) mass is 359 g/mol. The first-order chi connectivity index (χ1) is 12.6. The maximum atomic E-state index is 12.9. The summed E-state index contributed by atoms with van der Waals surface area (Å²) in [7, 11) is 1.62. The smallest absolute Gasteiger partial charge is 0.255 e. The molecule has 1 fully saturated rings. The van der Waals surface area contributed by atoms with Gasteiger partial charge >= 0.3 is 0 Å². The van der Waals surface area contributed by atoms with Gasteiger partial charge in [0.25, 0.3) is 5.91 Å². The van der Waals surface area contributed by atoms with Crippen LogP contribution in [0.2, 0.25) is 0 Å². The van der Waals surface area contributed by atoms with E-state index in [9.17, 15) is 9.59 Å². The molecule has 0 saturated carbocycles. The Morgan fingerprint density at radius 1 is 1.35 bits per heavy atom. The molecule has 0 aromatic heterocycles. The molecule has 6 nitrogen and oxygen atoms in total. The Morgan fingerprint density at radius 2 is 2.04 bits per heavy atom. The summed E-state index contributed by atoms with van der Waals surface area (Å²) in [5.41, 5.74) is 1.47. The van der Waals surface area contributed by atoms with Gasteiger partial charge in [-0.1, -0.05) is 18.2 Å². The van der Waals surface area contributed by atoms with Gasteiger partial charge in [-0.25, -0.2) is 0 Å². The number of para-hydroxylation sites is 1. The number of hydrogen-bond donors (Lipinski definition) is 2. The fraction of sp³-hybridized carbons (Fsp3) is 0.500. The van der Waals surface area contributed by atoms with Crippen molar-refractivity contribution in [2.24, 2.45) is 5.92 Å². The summed E-state index contributed by atoms with van der Waals surface area (Å²) in [6, 6.07) is 7.49. The minimum absolute atomic E-state index is 0.00349. The van der Waals surface area contributed by atoms with Crippen molar-refractivity contribution in [3.8, 4) is 0 Å². The van der Waals surface area contributed by atoms with Gasteiger partial charge in [-0.2, -0.15) is 0 Å². The molecule has 0 spiro atoms. The van der Waals surface area contributed by atoms with Crippen molar-refractivity contribution < 1.29 is 14.3 Å². The highest BCUT2D eigenvalue weighted by Gasteiger charge is 2.29. The highest BCUT2D eigenvalue weighted by Crippen LogP contribution is 2.22. The van der Waals surface area contributed by atoms with Gasteiger partial charge in [-0.3, -0.25) is 9.59 Å². The molecule has 142 valence electrons. The molecule has 1 heterocycles. The van der Waals surface area contributed by atoms with Crippen molar-refractivity contribution in [3.05, 3.63) is 42.5 Å². The molecule has 6 heteroatoms. The van der Waals surface area contributed by atoms with E-state index in [0.29, 0.717) is 44.6 Å². The molecule has 1 saturated heterocycles. The molecular formula is C20H29N3O3. The van der Waals surface area contributed by atoms with Crippen LogP contribution in [0.5, 0.6) is 0 Å². The molecule has 26 heavy (non-hydrogen) atoms. The third-order valence-corrected chi connectivity index (χ3v) is 4.55. The lowest BCUT2D eigenvalue weighted by molar-refractivity contribution is -0.127. The zero-order valence-corrected chi connectivity index (χ0v) is 15.7. The molecule has 0 aliphatic carbocycles. The van der Waals surface area contributed by atoms with Gasteiger partial charge in [0.1, 0.15) is 0 Å². The molecule has 0 unspecified atom stereocenters. The highest BCUT2D eigenvalue weighted by atomic mass is 16.5. The number of piperidine rings is 1. The number of hydrogen-bond acceptors (Lipinski definition) is 4. The van der Waals surface area contributed by atoms with Gasteiger partial charge in [-0.05, 0) is 31.9 Å². The number of rotatable bonds is 8. The van der Waals surface area contributed by atoms with Crippen molar-refractivity contribution in [3.63, 3.8) is 0 Å².